The van der Waals surface area contributed by atoms with Gasteiger partial charge in [0.05, 0.1) is 5.69 Å². The van der Waals surface area contributed by atoms with Crippen LogP contribution in [0.15, 0.2) is 21.2 Å². The average Bonchev–Trinajstić information content (AvgIpc) is 2.73. The standard InChI is InChI=1S/C11H8Br2N2O2S/c1-2-7-9(11(16)17)18-10(15-7)8-6(13)3-5(12)4-14-8/h3-4H,2H2,1H3,(H,16,17). The Kier molecular flexibility index (Phi) is 4.14. The molecule has 0 radical (unpaired) electrons. The Labute approximate surface area is 124 Å². The first-order chi connectivity index (χ1) is 8.52. The minimum atomic E-state index is -0.941. The number of aryl methyl sites for hydroxylation is 1. The molecular formula is C11H8Br2N2O2S. The van der Waals surface area contributed by atoms with E-state index in [2.05, 4.69) is 41.8 Å². The van der Waals surface area contributed by atoms with E-state index in [9.17, 15) is 4.79 Å². The first-order valence-electron chi connectivity index (χ1n) is 5.07. The lowest BCUT2D eigenvalue weighted by Gasteiger charge is -1.99. The largest absolute Gasteiger partial charge is 0.477 e. The number of rotatable bonds is 3. The molecular weight excluding hydrogens is 384 g/mol. The highest BCUT2D eigenvalue weighted by Crippen LogP contribution is 2.33. The highest BCUT2D eigenvalue weighted by atomic mass is 79.9. The summed E-state index contributed by atoms with van der Waals surface area (Å²) in [4.78, 5) is 20.0. The van der Waals surface area contributed by atoms with Gasteiger partial charge in [0.25, 0.3) is 0 Å². The summed E-state index contributed by atoms with van der Waals surface area (Å²) in [5.41, 5.74) is 1.25. The third-order valence-corrected chi connectivity index (χ3v) is 4.37. The molecule has 0 atom stereocenters. The number of thiazole rings is 1. The third kappa shape index (κ3) is 2.62. The maximum atomic E-state index is 11.1. The van der Waals surface area contributed by atoms with Gasteiger partial charge in [0, 0.05) is 15.1 Å². The van der Waals surface area contributed by atoms with Gasteiger partial charge in [0.2, 0.25) is 0 Å². The summed E-state index contributed by atoms with van der Waals surface area (Å²) in [6, 6.07) is 1.86. The summed E-state index contributed by atoms with van der Waals surface area (Å²) in [6.07, 6.45) is 2.25. The number of carboxylic acids is 1. The van der Waals surface area contributed by atoms with Crippen LogP contribution in [0.5, 0.6) is 0 Å². The normalized spacial score (nSPS) is 10.6. The second-order valence-electron chi connectivity index (χ2n) is 3.44. The molecule has 2 rings (SSSR count). The van der Waals surface area contributed by atoms with Crippen molar-refractivity contribution in [3.8, 4) is 10.7 Å². The van der Waals surface area contributed by atoms with Crippen molar-refractivity contribution in [2.75, 3.05) is 0 Å². The van der Waals surface area contributed by atoms with Crippen molar-refractivity contribution in [1.29, 1.82) is 0 Å². The lowest BCUT2D eigenvalue weighted by molar-refractivity contribution is 0.0701. The third-order valence-electron chi connectivity index (χ3n) is 2.24. The SMILES string of the molecule is CCc1nc(-c2ncc(Br)cc2Br)sc1C(=O)O. The van der Waals surface area contributed by atoms with Gasteiger partial charge in [-0.25, -0.2) is 9.78 Å². The van der Waals surface area contributed by atoms with Crippen molar-refractivity contribution in [3.63, 3.8) is 0 Å². The average molecular weight is 392 g/mol. The van der Waals surface area contributed by atoms with E-state index in [-0.39, 0.29) is 4.88 Å². The number of carboxylic acid groups (broad SMARTS) is 1. The molecule has 94 valence electrons. The predicted octanol–water partition coefficient (Wildman–Crippen LogP) is 3.99. The smallest absolute Gasteiger partial charge is 0.347 e. The molecule has 1 N–H and O–H groups in total. The van der Waals surface area contributed by atoms with Crippen LogP contribution >= 0.6 is 43.2 Å². The molecule has 0 aliphatic heterocycles. The maximum absolute atomic E-state index is 11.1. The summed E-state index contributed by atoms with van der Waals surface area (Å²) < 4.78 is 1.63. The quantitative estimate of drug-likeness (QED) is 0.858. The van der Waals surface area contributed by atoms with Gasteiger partial charge in [-0.05, 0) is 44.3 Å². The first-order valence-corrected chi connectivity index (χ1v) is 7.47. The Morgan fingerprint density at radius 3 is 2.72 bits per heavy atom. The molecule has 2 aromatic heterocycles. The van der Waals surface area contributed by atoms with Gasteiger partial charge in [-0.15, -0.1) is 11.3 Å². The van der Waals surface area contributed by atoms with E-state index >= 15 is 0 Å². The Morgan fingerprint density at radius 1 is 1.50 bits per heavy atom. The summed E-state index contributed by atoms with van der Waals surface area (Å²) in [6.45, 7) is 1.88. The van der Waals surface area contributed by atoms with E-state index < -0.39 is 5.97 Å². The minimum Gasteiger partial charge on any atom is -0.477 e. The monoisotopic (exact) mass is 390 g/mol. The van der Waals surface area contributed by atoms with Crippen LogP contribution in [0, 0.1) is 0 Å². The summed E-state index contributed by atoms with van der Waals surface area (Å²) >= 11 is 7.87. The van der Waals surface area contributed by atoms with Crippen LogP contribution < -0.4 is 0 Å². The van der Waals surface area contributed by atoms with E-state index in [0.29, 0.717) is 22.8 Å². The number of hydrogen-bond donors (Lipinski definition) is 1. The van der Waals surface area contributed by atoms with Gasteiger partial charge >= 0.3 is 5.97 Å². The molecule has 0 bridgehead atoms. The van der Waals surface area contributed by atoms with Gasteiger partial charge in [-0.1, -0.05) is 6.92 Å². The fraction of sp³-hybridized carbons (Fsp3) is 0.182. The van der Waals surface area contributed by atoms with Crippen LogP contribution in [-0.2, 0) is 6.42 Å². The fourth-order valence-electron chi connectivity index (χ4n) is 1.43. The van der Waals surface area contributed by atoms with Crippen LogP contribution in [0.1, 0.15) is 22.3 Å². The van der Waals surface area contributed by atoms with E-state index in [1.807, 2.05) is 13.0 Å². The van der Waals surface area contributed by atoms with Crippen molar-refractivity contribution >= 4 is 49.2 Å². The molecule has 0 saturated heterocycles. The Hall–Kier alpha value is -0.790. The molecule has 18 heavy (non-hydrogen) atoms. The Balaban J connectivity index is 2.54. The molecule has 0 aromatic carbocycles. The zero-order valence-corrected chi connectivity index (χ0v) is 13.3. The Morgan fingerprint density at radius 2 is 2.22 bits per heavy atom. The second-order valence-corrected chi connectivity index (χ2v) is 6.21. The summed E-state index contributed by atoms with van der Waals surface area (Å²) in [5.74, 6) is -0.941. The minimum absolute atomic E-state index is 0.282. The number of nitrogens with zero attached hydrogens (tertiary/aromatic N) is 2. The van der Waals surface area contributed by atoms with Crippen LogP contribution in [0.3, 0.4) is 0 Å². The number of carbonyl (C=O) groups is 1. The molecule has 0 aliphatic carbocycles. The van der Waals surface area contributed by atoms with Gasteiger partial charge in [-0.2, -0.15) is 0 Å². The van der Waals surface area contributed by atoms with Crippen molar-refractivity contribution in [3.05, 3.63) is 31.8 Å². The number of aromatic carboxylic acids is 1. The van der Waals surface area contributed by atoms with E-state index in [1.165, 1.54) is 0 Å². The van der Waals surface area contributed by atoms with Crippen molar-refractivity contribution in [2.45, 2.75) is 13.3 Å². The van der Waals surface area contributed by atoms with Crippen molar-refractivity contribution in [1.82, 2.24) is 9.97 Å². The molecule has 0 spiro atoms. The second kappa shape index (κ2) is 5.46. The lowest BCUT2D eigenvalue weighted by atomic mass is 10.3. The van der Waals surface area contributed by atoms with Crippen LogP contribution in [0.25, 0.3) is 10.7 Å². The highest BCUT2D eigenvalue weighted by molar-refractivity contribution is 9.11. The number of hydrogen-bond acceptors (Lipinski definition) is 4. The molecule has 2 heterocycles. The molecule has 0 amide bonds. The van der Waals surface area contributed by atoms with Crippen molar-refractivity contribution in [2.24, 2.45) is 0 Å². The number of halogens is 2. The zero-order valence-electron chi connectivity index (χ0n) is 9.28. The lowest BCUT2D eigenvalue weighted by Crippen LogP contribution is -1.97. The van der Waals surface area contributed by atoms with Crippen LogP contribution in [0.2, 0.25) is 0 Å². The maximum Gasteiger partial charge on any atom is 0.347 e. The molecule has 7 heteroatoms. The predicted molar refractivity (Wildman–Crippen MR) is 77.1 cm³/mol. The highest BCUT2D eigenvalue weighted by Gasteiger charge is 2.18. The van der Waals surface area contributed by atoms with Gasteiger partial charge in [-0.3, -0.25) is 4.98 Å². The van der Waals surface area contributed by atoms with Crippen molar-refractivity contribution < 1.29 is 9.90 Å². The first kappa shape index (κ1) is 13.6. The molecule has 4 nitrogen and oxygen atoms in total. The van der Waals surface area contributed by atoms with Gasteiger partial charge < -0.3 is 5.11 Å². The van der Waals surface area contributed by atoms with E-state index in [4.69, 9.17) is 5.11 Å². The van der Waals surface area contributed by atoms with E-state index in [1.54, 1.807) is 6.20 Å². The fourth-order valence-corrected chi connectivity index (χ4v) is 3.74. The van der Waals surface area contributed by atoms with Crippen LogP contribution in [-0.4, -0.2) is 21.0 Å². The number of pyridine rings is 1. The molecule has 0 unspecified atom stereocenters. The molecule has 0 fully saturated rings. The van der Waals surface area contributed by atoms with Gasteiger partial charge in [0.15, 0.2) is 0 Å². The summed E-state index contributed by atoms with van der Waals surface area (Å²) in [5, 5.41) is 9.72. The van der Waals surface area contributed by atoms with E-state index in [0.717, 1.165) is 20.3 Å². The van der Waals surface area contributed by atoms with Crippen LogP contribution in [0.4, 0.5) is 0 Å². The topological polar surface area (TPSA) is 63.1 Å². The Bertz CT molecular complexity index is 613. The zero-order chi connectivity index (χ0) is 13.3. The van der Waals surface area contributed by atoms with Gasteiger partial charge in [0.1, 0.15) is 15.6 Å². The summed E-state index contributed by atoms with van der Waals surface area (Å²) in [7, 11) is 0. The molecule has 2 aromatic rings. The molecule has 0 aliphatic rings. The molecule has 0 saturated carbocycles. The number of aromatic nitrogens is 2.